The Kier molecular flexibility index (Phi) is 6.15. The Morgan fingerprint density at radius 2 is 0.855 bits per heavy atom. The van der Waals surface area contributed by atoms with Crippen LogP contribution < -0.4 is 0 Å². The Balaban J connectivity index is 1.09. The molecular weight excluding hydrogens is 665 g/mol. The van der Waals surface area contributed by atoms with Crippen LogP contribution in [-0.4, -0.2) is 9.13 Å². The van der Waals surface area contributed by atoms with Crippen LogP contribution in [0, 0.1) is 0 Å². The molecule has 11 aromatic rings. The van der Waals surface area contributed by atoms with E-state index >= 15 is 0 Å². The smallest absolute Gasteiger partial charge is 0.0544 e. The van der Waals surface area contributed by atoms with Gasteiger partial charge in [-0.2, -0.15) is 0 Å². The van der Waals surface area contributed by atoms with Gasteiger partial charge in [0.15, 0.2) is 0 Å². The minimum Gasteiger partial charge on any atom is -0.309 e. The highest BCUT2D eigenvalue weighted by molar-refractivity contribution is 6.16. The molecule has 0 bridgehead atoms. The second-order valence-electron chi connectivity index (χ2n) is 15.7. The van der Waals surface area contributed by atoms with E-state index in [1.54, 1.807) is 0 Å². The van der Waals surface area contributed by atoms with Gasteiger partial charge in [-0.25, -0.2) is 0 Å². The molecule has 0 unspecified atom stereocenters. The Bertz CT molecular complexity index is 3390. The number of fused-ring (bicyclic) bond motifs is 13. The van der Waals surface area contributed by atoms with Crippen molar-refractivity contribution in [3.63, 3.8) is 0 Å². The summed E-state index contributed by atoms with van der Waals surface area (Å²) in [5.41, 5.74) is 15.1. The lowest BCUT2D eigenvalue weighted by molar-refractivity contribution is 0.661. The minimum atomic E-state index is -0.151. The van der Waals surface area contributed by atoms with Crippen molar-refractivity contribution in [2.24, 2.45) is 0 Å². The molecule has 0 fully saturated rings. The van der Waals surface area contributed by atoms with Crippen LogP contribution in [0.5, 0.6) is 0 Å². The van der Waals surface area contributed by atoms with E-state index in [0.29, 0.717) is 0 Å². The zero-order valence-corrected chi connectivity index (χ0v) is 30.7. The molecular formula is C53H36N2. The maximum atomic E-state index is 2.52. The fourth-order valence-corrected chi connectivity index (χ4v) is 9.93. The van der Waals surface area contributed by atoms with E-state index in [2.05, 4.69) is 205 Å². The Morgan fingerprint density at radius 1 is 0.345 bits per heavy atom. The molecule has 12 rings (SSSR count). The van der Waals surface area contributed by atoms with Crippen molar-refractivity contribution in [2.75, 3.05) is 0 Å². The number of hydrogen-bond donors (Lipinski definition) is 0. The van der Waals surface area contributed by atoms with Crippen molar-refractivity contribution in [2.45, 2.75) is 19.3 Å². The molecule has 0 saturated carbocycles. The van der Waals surface area contributed by atoms with E-state index < -0.39 is 0 Å². The van der Waals surface area contributed by atoms with Gasteiger partial charge < -0.3 is 9.13 Å². The average Bonchev–Trinajstić information content (AvgIpc) is 3.83. The average molecular weight is 701 g/mol. The highest BCUT2D eigenvalue weighted by Crippen LogP contribution is 2.55. The summed E-state index contributed by atoms with van der Waals surface area (Å²) >= 11 is 0. The van der Waals surface area contributed by atoms with E-state index in [9.17, 15) is 0 Å². The quantitative estimate of drug-likeness (QED) is 0.174. The lowest BCUT2D eigenvalue weighted by Gasteiger charge is -2.23. The van der Waals surface area contributed by atoms with Crippen LogP contribution in [0.4, 0.5) is 0 Å². The summed E-state index contributed by atoms with van der Waals surface area (Å²) in [5.74, 6) is 0. The van der Waals surface area contributed by atoms with Crippen LogP contribution in [0.15, 0.2) is 182 Å². The molecule has 2 heteroatoms. The molecule has 2 aromatic heterocycles. The van der Waals surface area contributed by atoms with E-state index in [1.165, 1.54) is 110 Å². The van der Waals surface area contributed by atoms with Gasteiger partial charge in [0.1, 0.15) is 0 Å². The van der Waals surface area contributed by atoms with Gasteiger partial charge in [0.05, 0.1) is 27.8 Å². The zero-order chi connectivity index (χ0) is 36.4. The Morgan fingerprint density at radius 3 is 1.55 bits per heavy atom. The monoisotopic (exact) mass is 700 g/mol. The molecule has 0 saturated heterocycles. The minimum absolute atomic E-state index is 0.151. The van der Waals surface area contributed by atoms with Gasteiger partial charge >= 0.3 is 0 Å². The fraction of sp³-hybridized carbons (Fsp3) is 0.0566. The molecule has 1 aliphatic rings. The van der Waals surface area contributed by atoms with Gasteiger partial charge in [0.2, 0.25) is 0 Å². The van der Waals surface area contributed by atoms with Crippen LogP contribution in [0.2, 0.25) is 0 Å². The molecule has 0 aliphatic heterocycles. The van der Waals surface area contributed by atoms with Gasteiger partial charge in [-0.15, -0.1) is 0 Å². The number of nitrogens with zero attached hydrogens (tertiary/aromatic N) is 2. The molecule has 0 atom stereocenters. The molecule has 0 N–H and O–H groups in total. The predicted molar refractivity (Wildman–Crippen MR) is 233 cm³/mol. The molecule has 1 aliphatic carbocycles. The molecule has 0 spiro atoms. The molecule has 2 nitrogen and oxygen atoms in total. The molecule has 9 aromatic carbocycles. The van der Waals surface area contributed by atoms with Gasteiger partial charge in [-0.1, -0.05) is 141 Å². The lowest BCUT2D eigenvalue weighted by atomic mass is 9.81. The summed E-state index contributed by atoms with van der Waals surface area (Å²) in [7, 11) is 0. The zero-order valence-electron chi connectivity index (χ0n) is 30.7. The van der Waals surface area contributed by atoms with Crippen LogP contribution in [0.1, 0.15) is 25.0 Å². The van der Waals surface area contributed by atoms with E-state index in [-0.39, 0.29) is 5.41 Å². The van der Waals surface area contributed by atoms with Crippen molar-refractivity contribution in [1.29, 1.82) is 0 Å². The summed E-state index contributed by atoms with van der Waals surface area (Å²) in [4.78, 5) is 0. The van der Waals surface area contributed by atoms with Crippen LogP contribution in [-0.2, 0) is 5.41 Å². The predicted octanol–water partition coefficient (Wildman–Crippen LogP) is 14.2. The number of aromatic nitrogens is 2. The van der Waals surface area contributed by atoms with Crippen LogP contribution in [0.3, 0.4) is 0 Å². The summed E-state index contributed by atoms with van der Waals surface area (Å²) in [6.07, 6.45) is 0. The Hall–Kier alpha value is -6.90. The molecule has 55 heavy (non-hydrogen) atoms. The third-order valence-corrected chi connectivity index (χ3v) is 12.5. The summed E-state index contributed by atoms with van der Waals surface area (Å²) < 4.78 is 4.90. The standard InChI is InChI=1S/C53H36N2/c1-53(2)44-27-24-33-14-6-7-17-37(33)51(44)52-41-21-9-8-18-38(41)50(32-45(52)53)55-47-23-13-11-20-40(47)43-31-35(26-29-49(43)55)34-25-28-48-42(30-34)39-19-10-12-22-46(39)54(48)36-15-4-3-5-16-36/h3-32H,1-2H3. The van der Waals surface area contributed by atoms with Crippen molar-refractivity contribution in [1.82, 2.24) is 9.13 Å². The third-order valence-electron chi connectivity index (χ3n) is 12.5. The molecule has 258 valence electrons. The van der Waals surface area contributed by atoms with Gasteiger partial charge in [0, 0.05) is 38.0 Å². The lowest BCUT2D eigenvalue weighted by Crippen LogP contribution is -2.15. The molecule has 2 heterocycles. The number of benzene rings is 9. The van der Waals surface area contributed by atoms with Crippen LogP contribution in [0.25, 0.3) is 98.8 Å². The second kappa shape index (κ2) is 11.1. The normalized spacial score (nSPS) is 13.4. The summed E-state index contributed by atoms with van der Waals surface area (Å²) in [5, 5.41) is 10.3. The summed E-state index contributed by atoms with van der Waals surface area (Å²) in [6.45, 7) is 4.80. The first-order valence-corrected chi connectivity index (χ1v) is 19.3. The van der Waals surface area contributed by atoms with Crippen molar-refractivity contribution in [3.05, 3.63) is 193 Å². The maximum Gasteiger partial charge on any atom is 0.0544 e. The maximum absolute atomic E-state index is 2.52. The molecule has 0 amide bonds. The Labute approximate surface area is 319 Å². The molecule has 0 radical (unpaired) electrons. The topological polar surface area (TPSA) is 9.86 Å². The van der Waals surface area contributed by atoms with Crippen molar-refractivity contribution >= 4 is 65.2 Å². The highest BCUT2D eigenvalue weighted by Gasteiger charge is 2.38. The van der Waals surface area contributed by atoms with E-state index in [0.717, 1.165) is 0 Å². The first kappa shape index (κ1) is 30.6. The number of para-hydroxylation sites is 3. The number of hydrogen-bond acceptors (Lipinski definition) is 0. The van der Waals surface area contributed by atoms with Gasteiger partial charge in [-0.05, 0) is 104 Å². The first-order valence-electron chi connectivity index (χ1n) is 19.3. The largest absolute Gasteiger partial charge is 0.309 e. The van der Waals surface area contributed by atoms with Gasteiger partial charge in [-0.3, -0.25) is 0 Å². The highest BCUT2D eigenvalue weighted by atomic mass is 15.0. The van der Waals surface area contributed by atoms with Crippen LogP contribution >= 0.6 is 0 Å². The van der Waals surface area contributed by atoms with E-state index in [1.807, 2.05) is 0 Å². The van der Waals surface area contributed by atoms with Crippen molar-refractivity contribution < 1.29 is 0 Å². The summed E-state index contributed by atoms with van der Waals surface area (Å²) in [6, 6.07) is 67.5. The fourth-order valence-electron chi connectivity index (χ4n) is 9.93. The van der Waals surface area contributed by atoms with E-state index in [4.69, 9.17) is 0 Å². The third kappa shape index (κ3) is 4.14. The van der Waals surface area contributed by atoms with Crippen molar-refractivity contribution in [3.8, 4) is 33.6 Å². The SMILES string of the molecule is CC1(C)c2ccc3ccccc3c2-c2c1cc(-n1c3ccccc3c3cc(-c4ccc5c(c4)c4ccccc4n5-c4ccccc4)ccc31)c1ccccc21. The first-order chi connectivity index (χ1) is 27.1. The number of rotatable bonds is 3. The second-order valence-corrected chi connectivity index (χ2v) is 15.7. The van der Waals surface area contributed by atoms with Gasteiger partial charge in [0.25, 0.3) is 0 Å².